The van der Waals surface area contributed by atoms with Crippen LogP contribution < -0.4 is 0 Å². The van der Waals surface area contributed by atoms with Crippen LogP contribution in [0.1, 0.15) is 40.1 Å². The fourth-order valence-corrected chi connectivity index (χ4v) is 10.3. The van der Waals surface area contributed by atoms with Gasteiger partial charge in [-0.1, -0.05) is 77.9 Å². The van der Waals surface area contributed by atoms with Gasteiger partial charge in [-0.2, -0.15) is 8.61 Å². The van der Waals surface area contributed by atoms with Gasteiger partial charge in [-0.15, -0.1) is 5.54 Å². The summed E-state index contributed by atoms with van der Waals surface area (Å²) in [5.74, 6) is 3.02. The molecule has 14 heteroatoms. The topological polar surface area (TPSA) is 115 Å². The van der Waals surface area contributed by atoms with Crippen molar-refractivity contribution in [3.05, 3.63) is 130 Å². The van der Waals surface area contributed by atoms with E-state index in [4.69, 9.17) is 0 Å². The summed E-state index contributed by atoms with van der Waals surface area (Å²) in [7, 11) is -8.68. The minimum atomic E-state index is -3.63. The number of carbonyl (C=O) groups excluding carboxylic acids is 2. The zero-order valence-corrected chi connectivity index (χ0v) is 35.9. The van der Waals surface area contributed by atoms with E-state index in [0.29, 0.717) is 37.3 Å². The molecule has 0 unspecified atom stereocenters. The Kier molecular flexibility index (Phi) is 13.6. The predicted molar refractivity (Wildman–Crippen MR) is 222 cm³/mol. The molecule has 0 N–H and O–H groups in total. The van der Waals surface area contributed by atoms with Crippen LogP contribution in [0.4, 0.5) is 0 Å². The van der Waals surface area contributed by atoms with Crippen LogP contribution in [0.5, 0.6) is 0 Å². The van der Waals surface area contributed by atoms with Gasteiger partial charge in [0.25, 0.3) is 11.8 Å². The lowest BCUT2D eigenvalue weighted by molar-refractivity contribution is 0.0637. The van der Waals surface area contributed by atoms with Gasteiger partial charge in [0, 0.05) is 72.5 Å². The number of sulfonamides is 2. The lowest BCUT2D eigenvalue weighted by atomic mass is 10.1. The van der Waals surface area contributed by atoms with E-state index >= 15 is 0 Å². The Morgan fingerprint density at radius 2 is 0.982 bits per heavy atom. The van der Waals surface area contributed by atoms with Gasteiger partial charge in [0.1, 0.15) is 8.07 Å². The van der Waals surface area contributed by atoms with Crippen molar-refractivity contribution in [3.63, 3.8) is 0 Å². The SMILES string of the molecule is C[C@@H]1CN(C(=O)c2ccccc2)CCN1S(=O)(=O)c1ccc(Br)cc1.C[C@@H]1CN(C(=O)c2ccccc2)CCN1S(=O)(=O)c1ccc(C#C[Si](C)(C)C)cc1. The first-order chi connectivity index (χ1) is 26.0. The minimum absolute atomic E-state index is 0.0619. The van der Waals surface area contributed by atoms with Crippen LogP contribution in [0, 0.1) is 11.5 Å². The van der Waals surface area contributed by atoms with Crippen molar-refractivity contribution in [1.29, 1.82) is 0 Å². The molecule has 0 aromatic heterocycles. The second kappa shape index (κ2) is 17.8. The molecular formula is C41H47BrN4O6S2Si. The molecule has 4 aromatic rings. The van der Waals surface area contributed by atoms with Gasteiger partial charge in [0.2, 0.25) is 20.0 Å². The lowest BCUT2D eigenvalue weighted by Gasteiger charge is -2.39. The Bertz CT molecular complexity index is 2240. The average molecular weight is 864 g/mol. The van der Waals surface area contributed by atoms with Gasteiger partial charge in [0.15, 0.2) is 0 Å². The first-order valence-corrected chi connectivity index (χ1v) is 25.3. The van der Waals surface area contributed by atoms with Crippen molar-refractivity contribution < 1.29 is 26.4 Å². The molecule has 2 amide bonds. The van der Waals surface area contributed by atoms with E-state index in [1.807, 2.05) is 50.2 Å². The maximum absolute atomic E-state index is 13.2. The molecule has 0 spiro atoms. The fraction of sp³-hybridized carbons (Fsp3) is 0.317. The molecule has 0 saturated carbocycles. The number of halogens is 1. The van der Waals surface area contributed by atoms with Crippen LogP contribution in [-0.4, -0.2) is 106 Å². The standard InChI is InChI=1S/C23H28N2O3SSi.C18H19BrN2O3S/c1-19-18-24(23(26)21-8-6-5-7-9-21)15-16-25(19)29(27,28)22-12-10-20(11-13-22)14-17-30(2,3)4;1-14-13-20(18(22)15-5-3-2-4-6-15)11-12-21(14)25(23,24)17-9-7-16(19)8-10-17/h5-13,19H,15-16,18H2,1-4H3;2-10,14H,11-13H2,1H3/t19-;14-/m11/s1. The summed E-state index contributed by atoms with van der Waals surface area (Å²) in [6.45, 7) is 12.3. The quantitative estimate of drug-likeness (QED) is 0.163. The van der Waals surface area contributed by atoms with Gasteiger partial charge in [-0.25, -0.2) is 16.8 Å². The zero-order valence-electron chi connectivity index (χ0n) is 31.7. The zero-order chi connectivity index (χ0) is 40.0. The Hall–Kier alpha value is -4.10. The van der Waals surface area contributed by atoms with Crippen LogP contribution in [0.15, 0.2) is 123 Å². The molecule has 0 aliphatic carbocycles. The van der Waals surface area contributed by atoms with Crippen molar-refractivity contribution in [3.8, 4) is 11.5 Å². The van der Waals surface area contributed by atoms with Crippen molar-refractivity contribution >= 4 is 55.9 Å². The summed E-state index contributed by atoms with van der Waals surface area (Å²) in [5.41, 5.74) is 5.35. The highest BCUT2D eigenvalue weighted by molar-refractivity contribution is 9.10. The highest BCUT2D eigenvalue weighted by Gasteiger charge is 2.36. The summed E-state index contributed by atoms with van der Waals surface area (Å²) < 4.78 is 55.9. The fourth-order valence-electron chi connectivity index (χ4n) is 6.34. The number of carbonyl (C=O) groups is 2. The van der Waals surface area contributed by atoms with Gasteiger partial charge in [-0.05, 0) is 86.6 Å². The number of rotatable bonds is 6. The molecule has 2 fully saturated rings. The van der Waals surface area contributed by atoms with E-state index in [-0.39, 0.29) is 46.8 Å². The first kappa shape index (κ1) is 42.0. The van der Waals surface area contributed by atoms with Crippen LogP contribution >= 0.6 is 15.9 Å². The normalized spacial score (nSPS) is 18.4. The van der Waals surface area contributed by atoms with Crippen molar-refractivity contribution in [2.75, 3.05) is 39.3 Å². The average Bonchev–Trinajstić information content (AvgIpc) is 3.17. The van der Waals surface area contributed by atoms with Crippen molar-refractivity contribution in [2.45, 2.75) is 55.4 Å². The Morgan fingerprint density at radius 1 is 0.600 bits per heavy atom. The second-order valence-electron chi connectivity index (χ2n) is 14.6. The Balaban J connectivity index is 0.000000214. The molecule has 2 saturated heterocycles. The van der Waals surface area contributed by atoms with E-state index < -0.39 is 28.1 Å². The Morgan fingerprint density at radius 3 is 1.35 bits per heavy atom. The summed E-state index contributed by atoms with van der Waals surface area (Å²) in [4.78, 5) is 29.2. The molecule has 2 aliphatic heterocycles. The number of amides is 2. The first-order valence-electron chi connectivity index (χ1n) is 18.1. The van der Waals surface area contributed by atoms with Crippen LogP contribution in [-0.2, 0) is 20.0 Å². The largest absolute Gasteiger partial charge is 0.336 e. The van der Waals surface area contributed by atoms with E-state index in [1.165, 1.54) is 8.61 Å². The molecule has 55 heavy (non-hydrogen) atoms. The number of hydrogen-bond donors (Lipinski definition) is 0. The number of benzene rings is 4. The highest BCUT2D eigenvalue weighted by atomic mass is 79.9. The third kappa shape index (κ3) is 10.6. The second-order valence-corrected chi connectivity index (χ2v) is 24.1. The third-order valence-electron chi connectivity index (χ3n) is 9.21. The summed E-state index contributed by atoms with van der Waals surface area (Å²) in [6, 6.07) is 30.9. The maximum atomic E-state index is 13.2. The number of hydrogen-bond acceptors (Lipinski definition) is 6. The molecule has 2 heterocycles. The van der Waals surface area contributed by atoms with Crippen LogP contribution in [0.25, 0.3) is 0 Å². The lowest BCUT2D eigenvalue weighted by Crippen LogP contribution is -2.55. The van der Waals surface area contributed by atoms with Gasteiger partial charge < -0.3 is 9.80 Å². The Labute approximate surface area is 335 Å². The van der Waals surface area contributed by atoms with Crippen molar-refractivity contribution in [1.82, 2.24) is 18.4 Å². The molecule has 10 nitrogen and oxygen atoms in total. The molecule has 4 aromatic carbocycles. The minimum Gasteiger partial charge on any atom is -0.336 e. The van der Waals surface area contributed by atoms with Gasteiger partial charge >= 0.3 is 0 Å². The smallest absolute Gasteiger partial charge is 0.253 e. The third-order valence-corrected chi connectivity index (χ3v) is 14.7. The maximum Gasteiger partial charge on any atom is 0.253 e. The molecule has 2 aliphatic rings. The number of nitrogens with zero attached hydrogens (tertiary/aromatic N) is 4. The van der Waals surface area contributed by atoms with E-state index in [0.717, 1.165) is 10.0 Å². The predicted octanol–water partition coefficient (Wildman–Crippen LogP) is 6.44. The molecular weight excluding hydrogens is 817 g/mol. The van der Waals surface area contributed by atoms with Crippen LogP contribution in [0.3, 0.4) is 0 Å². The summed E-state index contributed by atoms with van der Waals surface area (Å²) in [5, 5.41) is 0. The summed E-state index contributed by atoms with van der Waals surface area (Å²) >= 11 is 3.31. The van der Waals surface area contributed by atoms with Crippen molar-refractivity contribution in [2.24, 2.45) is 0 Å². The van der Waals surface area contributed by atoms with E-state index in [1.54, 1.807) is 82.6 Å². The summed E-state index contributed by atoms with van der Waals surface area (Å²) in [6.07, 6.45) is 0. The molecule has 0 radical (unpaired) electrons. The van der Waals surface area contributed by atoms with E-state index in [2.05, 4.69) is 47.0 Å². The van der Waals surface area contributed by atoms with E-state index in [9.17, 15) is 26.4 Å². The number of piperazine rings is 2. The molecule has 2 atom stereocenters. The molecule has 290 valence electrons. The molecule has 6 rings (SSSR count). The van der Waals surface area contributed by atoms with Crippen LogP contribution in [0.2, 0.25) is 19.6 Å². The van der Waals surface area contributed by atoms with Gasteiger partial charge in [-0.3, -0.25) is 9.59 Å². The monoisotopic (exact) mass is 862 g/mol. The highest BCUT2D eigenvalue weighted by Crippen LogP contribution is 2.25. The van der Waals surface area contributed by atoms with Gasteiger partial charge in [0.05, 0.1) is 9.79 Å². The molecule has 0 bridgehead atoms.